The lowest BCUT2D eigenvalue weighted by Gasteiger charge is -2.21. The van der Waals surface area contributed by atoms with Crippen molar-refractivity contribution in [1.29, 1.82) is 0 Å². The molecule has 188 valence electrons. The SMILES string of the molecule is O=C(c1ccccc1)c1ccc(S(=O)(=O)C(Br)(Br)S(=O)(=O)c2ccc(C(=O)c3ccccc3)cc2)cc1. The number of sulfone groups is 2. The molecule has 0 aliphatic heterocycles. The second-order valence-electron chi connectivity index (χ2n) is 7.91. The smallest absolute Gasteiger partial charge is 0.289 e. The van der Waals surface area contributed by atoms with Crippen LogP contribution >= 0.6 is 31.9 Å². The van der Waals surface area contributed by atoms with Crippen molar-refractivity contribution in [2.24, 2.45) is 0 Å². The molecule has 0 heterocycles. The van der Waals surface area contributed by atoms with Crippen LogP contribution in [0.4, 0.5) is 0 Å². The minimum absolute atomic E-state index is 0.251. The summed E-state index contributed by atoms with van der Waals surface area (Å²) in [4.78, 5) is 24.6. The third kappa shape index (κ3) is 5.11. The molecule has 0 N–H and O–H groups in total. The number of benzene rings is 4. The third-order valence-electron chi connectivity index (χ3n) is 5.55. The maximum absolute atomic E-state index is 13.4. The molecule has 10 heteroatoms. The molecular weight excluding hydrogens is 644 g/mol. The van der Waals surface area contributed by atoms with Gasteiger partial charge in [0, 0.05) is 22.3 Å². The van der Waals surface area contributed by atoms with E-state index in [9.17, 15) is 26.4 Å². The van der Waals surface area contributed by atoms with Crippen LogP contribution in [0.15, 0.2) is 119 Å². The van der Waals surface area contributed by atoms with Gasteiger partial charge in [-0.1, -0.05) is 60.7 Å². The van der Waals surface area contributed by atoms with E-state index in [1.54, 1.807) is 60.7 Å². The molecule has 0 aliphatic rings. The van der Waals surface area contributed by atoms with E-state index in [-0.39, 0.29) is 32.5 Å². The Bertz CT molecular complexity index is 1540. The fourth-order valence-electron chi connectivity index (χ4n) is 3.50. The monoisotopic (exact) mass is 660 g/mol. The van der Waals surface area contributed by atoms with Gasteiger partial charge >= 0.3 is 0 Å². The Hall–Kier alpha value is -2.92. The summed E-state index contributed by atoms with van der Waals surface area (Å²) in [5.74, 6) is -0.600. The van der Waals surface area contributed by atoms with Gasteiger partial charge in [-0.15, -0.1) is 0 Å². The highest BCUT2D eigenvalue weighted by atomic mass is 79.9. The molecular formula is C27H18Br2O6S2. The Labute approximate surface area is 231 Å². The molecule has 0 amide bonds. The van der Waals surface area contributed by atoms with Gasteiger partial charge in [0.1, 0.15) is 0 Å². The molecule has 0 spiro atoms. The average molecular weight is 662 g/mol. The third-order valence-corrected chi connectivity index (χ3v) is 15.0. The first-order valence-corrected chi connectivity index (χ1v) is 15.3. The number of carbonyl (C=O) groups excluding carboxylic acids is 2. The van der Waals surface area contributed by atoms with Crippen molar-refractivity contribution in [3.63, 3.8) is 0 Å². The molecule has 0 radical (unpaired) electrons. The standard InChI is InChI=1S/C27H18Br2O6S2/c28-27(29,36(32,33)23-15-11-21(12-16-23)25(30)19-7-3-1-4-8-19)37(34,35)24-17-13-22(14-18-24)26(31)20-9-5-2-6-10-20/h1-18H. The van der Waals surface area contributed by atoms with Gasteiger partial charge in [0.2, 0.25) is 19.7 Å². The molecule has 0 saturated carbocycles. The molecule has 0 bridgehead atoms. The zero-order valence-corrected chi connectivity index (χ0v) is 23.7. The highest BCUT2D eigenvalue weighted by Gasteiger charge is 2.52. The Morgan fingerprint density at radius 1 is 0.459 bits per heavy atom. The second-order valence-corrected chi connectivity index (χ2v) is 17.9. The average Bonchev–Trinajstić information content (AvgIpc) is 2.93. The lowest BCUT2D eigenvalue weighted by molar-refractivity contribution is 0.103. The molecule has 0 atom stereocenters. The molecule has 0 fully saturated rings. The summed E-state index contributed by atoms with van der Waals surface area (Å²) in [5.41, 5.74) is 1.37. The summed E-state index contributed by atoms with van der Waals surface area (Å²) < 4.78 is 50.9. The molecule has 0 aliphatic carbocycles. The van der Waals surface area contributed by atoms with Crippen LogP contribution in [-0.2, 0) is 19.7 Å². The number of ketones is 2. The van der Waals surface area contributed by atoms with Crippen molar-refractivity contribution >= 4 is 63.1 Å². The summed E-state index contributed by atoms with van der Waals surface area (Å²) in [6.07, 6.45) is 0. The fraction of sp³-hybridized carbons (Fsp3) is 0.0370. The molecule has 4 rings (SSSR count). The molecule has 4 aromatic rings. The van der Waals surface area contributed by atoms with E-state index in [0.717, 1.165) is 0 Å². The lowest BCUT2D eigenvalue weighted by atomic mass is 10.0. The summed E-state index contributed by atoms with van der Waals surface area (Å²) >= 11 is 5.75. The van der Waals surface area contributed by atoms with Crippen molar-refractivity contribution in [3.05, 3.63) is 131 Å². The van der Waals surface area contributed by atoms with Gasteiger partial charge in [0.25, 0.3) is 1.90 Å². The van der Waals surface area contributed by atoms with Gasteiger partial charge in [0.05, 0.1) is 9.79 Å². The van der Waals surface area contributed by atoms with Gasteiger partial charge in [-0.25, -0.2) is 16.8 Å². The minimum Gasteiger partial charge on any atom is -0.289 e. The molecule has 6 nitrogen and oxygen atoms in total. The summed E-state index contributed by atoms with van der Waals surface area (Å²) in [6, 6.07) is 27.0. The van der Waals surface area contributed by atoms with Crippen molar-refractivity contribution < 1.29 is 26.4 Å². The number of carbonyl (C=O) groups is 2. The summed E-state index contributed by atoms with van der Waals surface area (Å²) in [6.45, 7) is 0. The summed E-state index contributed by atoms with van der Waals surface area (Å²) in [7, 11) is -9.11. The van der Waals surface area contributed by atoms with Crippen molar-refractivity contribution in [1.82, 2.24) is 0 Å². The number of halogens is 2. The first-order valence-electron chi connectivity index (χ1n) is 10.7. The predicted molar refractivity (Wildman–Crippen MR) is 148 cm³/mol. The topological polar surface area (TPSA) is 102 Å². The van der Waals surface area contributed by atoms with Gasteiger partial charge < -0.3 is 0 Å². The van der Waals surface area contributed by atoms with E-state index in [4.69, 9.17) is 0 Å². The van der Waals surface area contributed by atoms with E-state index in [1.165, 1.54) is 48.5 Å². The normalized spacial score (nSPS) is 12.2. The van der Waals surface area contributed by atoms with E-state index in [1.807, 2.05) is 0 Å². The maximum Gasteiger partial charge on any atom is 0.289 e. The number of hydrogen-bond donors (Lipinski definition) is 0. The van der Waals surface area contributed by atoms with Crippen LogP contribution in [0, 0.1) is 0 Å². The Morgan fingerprint density at radius 2 is 0.730 bits per heavy atom. The molecule has 0 unspecified atom stereocenters. The van der Waals surface area contributed by atoms with Crippen LogP contribution in [0.1, 0.15) is 31.8 Å². The van der Waals surface area contributed by atoms with Crippen LogP contribution < -0.4 is 0 Å². The largest absolute Gasteiger partial charge is 0.289 e. The molecule has 4 aromatic carbocycles. The van der Waals surface area contributed by atoms with Gasteiger partial charge in [-0.2, -0.15) is 0 Å². The highest BCUT2D eigenvalue weighted by molar-refractivity contribution is 9.30. The number of rotatable bonds is 8. The van der Waals surface area contributed by atoms with Gasteiger partial charge in [-0.3, -0.25) is 9.59 Å². The fourth-order valence-corrected chi connectivity index (χ4v) is 9.02. The van der Waals surface area contributed by atoms with Crippen molar-refractivity contribution in [2.75, 3.05) is 0 Å². The van der Waals surface area contributed by atoms with E-state index >= 15 is 0 Å². The van der Waals surface area contributed by atoms with Crippen LogP contribution in [0.5, 0.6) is 0 Å². The Morgan fingerprint density at radius 3 is 1.03 bits per heavy atom. The Balaban J connectivity index is 1.62. The maximum atomic E-state index is 13.4. The van der Waals surface area contributed by atoms with Gasteiger partial charge in [0.15, 0.2) is 11.6 Å². The summed E-state index contributed by atoms with van der Waals surface area (Å²) in [5, 5.41) is 0. The van der Waals surface area contributed by atoms with Crippen LogP contribution in [0.2, 0.25) is 0 Å². The van der Waals surface area contributed by atoms with E-state index in [2.05, 4.69) is 31.9 Å². The first-order chi connectivity index (χ1) is 17.5. The molecule has 0 aromatic heterocycles. The van der Waals surface area contributed by atoms with Crippen molar-refractivity contribution in [3.8, 4) is 0 Å². The zero-order chi connectivity index (χ0) is 26.8. The first kappa shape index (κ1) is 27.1. The van der Waals surface area contributed by atoms with Crippen LogP contribution in [-0.4, -0.2) is 30.3 Å². The van der Waals surface area contributed by atoms with E-state index in [0.29, 0.717) is 11.1 Å². The quantitative estimate of drug-likeness (QED) is 0.175. The van der Waals surface area contributed by atoms with Gasteiger partial charge in [-0.05, 0) is 80.4 Å². The number of alkyl halides is 2. The zero-order valence-electron chi connectivity index (χ0n) is 18.9. The van der Waals surface area contributed by atoms with Crippen LogP contribution in [0.25, 0.3) is 0 Å². The highest BCUT2D eigenvalue weighted by Crippen LogP contribution is 2.45. The second kappa shape index (κ2) is 10.4. The minimum atomic E-state index is -4.55. The molecule has 0 saturated heterocycles. The molecule has 37 heavy (non-hydrogen) atoms. The number of hydrogen-bond acceptors (Lipinski definition) is 6. The predicted octanol–water partition coefficient (Wildman–Crippen LogP) is 5.80. The van der Waals surface area contributed by atoms with E-state index < -0.39 is 21.6 Å². The Kier molecular flexibility index (Phi) is 7.66. The van der Waals surface area contributed by atoms with Crippen LogP contribution in [0.3, 0.4) is 0 Å². The van der Waals surface area contributed by atoms with Crippen molar-refractivity contribution in [2.45, 2.75) is 11.7 Å². The lowest BCUT2D eigenvalue weighted by Crippen LogP contribution is -2.34.